The van der Waals surface area contributed by atoms with E-state index in [2.05, 4.69) is 10.6 Å². The van der Waals surface area contributed by atoms with Gasteiger partial charge in [-0.25, -0.2) is 17.2 Å². The Morgan fingerprint density at radius 2 is 1.95 bits per heavy atom. The molecular weight excluding hydrogens is 290 g/mol. The third kappa shape index (κ3) is 3.61. The standard InChI is InChI=1S/C12H12F2N2O3S/c13-9-2-1-3-10(14)12(9)16-11(17)6-15-8-4-5-20(18,19)7-8/h1-5,8,15H,6-7H2,(H,16,17). The predicted molar refractivity (Wildman–Crippen MR) is 69.7 cm³/mol. The van der Waals surface area contributed by atoms with Gasteiger partial charge in [0.25, 0.3) is 0 Å². The summed E-state index contributed by atoms with van der Waals surface area (Å²) < 4.78 is 48.9. The molecule has 1 heterocycles. The van der Waals surface area contributed by atoms with Gasteiger partial charge >= 0.3 is 0 Å². The Morgan fingerprint density at radius 1 is 1.30 bits per heavy atom. The molecule has 0 radical (unpaired) electrons. The second-order valence-corrected chi connectivity index (χ2v) is 6.22. The van der Waals surface area contributed by atoms with Crippen LogP contribution >= 0.6 is 0 Å². The van der Waals surface area contributed by atoms with Crippen LogP contribution in [0, 0.1) is 11.6 Å². The van der Waals surface area contributed by atoms with Gasteiger partial charge in [0.2, 0.25) is 5.91 Å². The van der Waals surface area contributed by atoms with E-state index < -0.39 is 39.1 Å². The number of rotatable bonds is 4. The number of halogens is 2. The Balaban J connectivity index is 1.89. The summed E-state index contributed by atoms with van der Waals surface area (Å²) in [7, 11) is -3.21. The second-order valence-electron chi connectivity index (χ2n) is 4.29. The molecule has 2 rings (SSSR count). The first-order chi connectivity index (χ1) is 9.37. The maximum Gasteiger partial charge on any atom is 0.238 e. The highest BCUT2D eigenvalue weighted by molar-refractivity contribution is 7.94. The van der Waals surface area contributed by atoms with Crippen LogP contribution in [-0.4, -0.2) is 32.7 Å². The van der Waals surface area contributed by atoms with Gasteiger partial charge in [0.1, 0.15) is 17.3 Å². The van der Waals surface area contributed by atoms with E-state index in [1.807, 2.05) is 0 Å². The first kappa shape index (κ1) is 14.6. The molecule has 0 saturated heterocycles. The number of sulfone groups is 1. The smallest absolute Gasteiger partial charge is 0.238 e. The van der Waals surface area contributed by atoms with E-state index in [9.17, 15) is 22.0 Å². The van der Waals surface area contributed by atoms with Gasteiger partial charge in [0, 0.05) is 11.4 Å². The summed E-state index contributed by atoms with van der Waals surface area (Å²) in [5.74, 6) is -2.54. The Bertz CT molecular complexity index is 638. The zero-order valence-electron chi connectivity index (χ0n) is 10.3. The maximum absolute atomic E-state index is 13.3. The molecule has 0 saturated carbocycles. The van der Waals surface area contributed by atoms with Crippen molar-refractivity contribution in [3.05, 3.63) is 41.3 Å². The zero-order chi connectivity index (χ0) is 14.8. The Kier molecular flexibility index (Phi) is 4.15. The summed E-state index contributed by atoms with van der Waals surface area (Å²) in [6, 6.07) is 2.76. The minimum atomic E-state index is -3.21. The summed E-state index contributed by atoms with van der Waals surface area (Å²) in [5.41, 5.74) is -0.520. The van der Waals surface area contributed by atoms with Gasteiger partial charge in [-0.2, -0.15) is 0 Å². The monoisotopic (exact) mass is 302 g/mol. The van der Waals surface area contributed by atoms with E-state index in [1.54, 1.807) is 0 Å². The van der Waals surface area contributed by atoms with Crippen molar-refractivity contribution in [3.8, 4) is 0 Å². The summed E-state index contributed by atoms with van der Waals surface area (Å²) in [6.07, 6.45) is 1.42. The highest BCUT2D eigenvalue weighted by Crippen LogP contribution is 2.17. The Morgan fingerprint density at radius 3 is 2.50 bits per heavy atom. The van der Waals surface area contributed by atoms with Crippen LogP contribution in [0.2, 0.25) is 0 Å². The molecular formula is C12H12F2N2O3S. The average molecular weight is 302 g/mol. The van der Waals surface area contributed by atoms with Crippen LogP contribution in [0.5, 0.6) is 0 Å². The summed E-state index contributed by atoms with van der Waals surface area (Å²) in [6.45, 7) is -0.252. The van der Waals surface area contributed by atoms with Crippen LogP contribution in [0.25, 0.3) is 0 Å². The molecule has 8 heteroatoms. The van der Waals surface area contributed by atoms with Crippen molar-refractivity contribution in [1.82, 2.24) is 5.32 Å². The fraction of sp³-hybridized carbons (Fsp3) is 0.250. The number of carbonyl (C=O) groups excluding carboxylic acids is 1. The molecule has 5 nitrogen and oxygen atoms in total. The number of nitrogens with one attached hydrogen (secondary N) is 2. The van der Waals surface area contributed by atoms with Crippen LogP contribution in [0.15, 0.2) is 29.7 Å². The van der Waals surface area contributed by atoms with Crippen LogP contribution in [0.1, 0.15) is 0 Å². The van der Waals surface area contributed by atoms with Crippen LogP contribution < -0.4 is 10.6 Å². The Hall–Kier alpha value is -1.80. The first-order valence-electron chi connectivity index (χ1n) is 5.75. The van der Waals surface area contributed by atoms with E-state index in [0.717, 1.165) is 17.5 Å². The molecule has 20 heavy (non-hydrogen) atoms. The summed E-state index contributed by atoms with van der Waals surface area (Å²) in [4.78, 5) is 11.6. The molecule has 0 bridgehead atoms. The zero-order valence-corrected chi connectivity index (χ0v) is 11.1. The lowest BCUT2D eigenvalue weighted by atomic mass is 10.3. The molecule has 108 valence electrons. The molecule has 1 amide bonds. The highest BCUT2D eigenvalue weighted by Gasteiger charge is 2.22. The number of hydrogen-bond acceptors (Lipinski definition) is 4. The summed E-state index contributed by atoms with van der Waals surface area (Å²) in [5, 5.41) is 5.84. The number of para-hydroxylation sites is 1. The van der Waals surface area contributed by atoms with E-state index in [1.165, 1.54) is 12.1 Å². The van der Waals surface area contributed by atoms with E-state index >= 15 is 0 Å². The number of benzene rings is 1. The lowest BCUT2D eigenvalue weighted by Gasteiger charge is -2.11. The van der Waals surface area contributed by atoms with E-state index in [4.69, 9.17) is 0 Å². The van der Waals surface area contributed by atoms with Gasteiger partial charge in [-0.1, -0.05) is 12.1 Å². The maximum atomic E-state index is 13.3. The number of carbonyl (C=O) groups is 1. The quantitative estimate of drug-likeness (QED) is 0.863. The van der Waals surface area contributed by atoms with Crippen molar-refractivity contribution < 1.29 is 22.0 Å². The van der Waals surface area contributed by atoms with Gasteiger partial charge in [-0.15, -0.1) is 0 Å². The van der Waals surface area contributed by atoms with Gasteiger partial charge in [0.05, 0.1) is 12.3 Å². The summed E-state index contributed by atoms with van der Waals surface area (Å²) >= 11 is 0. The molecule has 0 fully saturated rings. The fourth-order valence-corrected chi connectivity index (χ4v) is 3.00. The lowest BCUT2D eigenvalue weighted by molar-refractivity contribution is -0.115. The van der Waals surface area contributed by atoms with Gasteiger partial charge in [-0.05, 0) is 12.1 Å². The SMILES string of the molecule is O=C(CNC1C=CS(=O)(=O)C1)Nc1c(F)cccc1F. The van der Waals surface area contributed by atoms with Gasteiger partial charge < -0.3 is 10.6 Å². The molecule has 1 aromatic carbocycles. The largest absolute Gasteiger partial charge is 0.320 e. The number of amides is 1. The van der Waals surface area contributed by atoms with E-state index in [0.29, 0.717) is 0 Å². The lowest BCUT2D eigenvalue weighted by Crippen LogP contribution is -2.36. The average Bonchev–Trinajstić information content (AvgIpc) is 2.71. The topological polar surface area (TPSA) is 75.3 Å². The molecule has 1 unspecified atom stereocenters. The minimum absolute atomic E-state index is 0.131. The van der Waals surface area contributed by atoms with Crippen molar-refractivity contribution in [3.63, 3.8) is 0 Å². The molecule has 1 atom stereocenters. The van der Waals surface area contributed by atoms with Crippen molar-refractivity contribution in [2.75, 3.05) is 17.6 Å². The van der Waals surface area contributed by atoms with Crippen molar-refractivity contribution in [2.24, 2.45) is 0 Å². The van der Waals surface area contributed by atoms with Crippen molar-refractivity contribution in [2.45, 2.75) is 6.04 Å². The third-order valence-electron chi connectivity index (χ3n) is 2.68. The molecule has 0 aromatic heterocycles. The Labute approximate surface area is 114 Å². The van der Waals surface area contributed by atoms with Crippen LogP contribution in [0.3, 0.4) is 0 Å². The molecule has 0 spiro atoms. The molecule has 1 aromatic rings. The molecule has 1 aliphatic rings. The van der Waals surface area contributed by atoms with Crippen LogP contribution in [-0.2, 0) is 14.6 Å². The van der Waals surface area contributed by atoms with Crippen molar-refractivity contribution >= 4 is 21.4 Å². The third-order valence-corrected chi connectivity index (χ3v) is 4.08. The van der Waals surface area contributed by atoms with E-state index in [-0.39, 0.29) is 12.3 Å². The van der Waals surface area contributed by atoms with Crippen molar-refractivity contribution in [1.29, 1.82) is 0 Å². The molecule has 1 aliphatic heterocycles. The molecule has 2 N–H and O–H groups in total. The number of anilines is 1. The number of hydrogen-bond donors (Lipinski definition) is 2. The molecule has 0 aliphatic carbocycles. The fourth-order valence-electron chi connectivity index (χ4n) is 1.73. The first-order valence-corrected chi connectivity index (χ1v) is 7.47. The normalized spacial score (nSPS) is 20.0. The highest BCUT2D eigenvalue weighted by atomic mass is 32.2. The second kappa shape index (κ2) is 5.68. The minimum Gasteiger partial charge on any atom is -0.320 e. The van der Waals surface area contributed by atoms with Crippen LogP contribution in [0.4, 0.5) is 14.5 Å². The van der Waals surface area contributed by atoms with Gasteiger partial charge in [-0.3, -0.25) is 4.79 Å². The predicted octanol–water partition coefficient (Wildman–Crippen LogP) is 0.804. The van der Waals surface area contributed by atoms with Gasteiger partial charge in [0.15, 0.2) is 9.84 Å².